The summed E-state index contributed by atoms with van der Waals surface area (Å²) in [7, 11) is 0. The van der Waals surface area contributed by atoms with Gasteiger partial charge in [0, 0.05) is 29.9 Å². The second kappa shape index (κ2) is 8.26. The molecule has 0 saturated heterocycles. The predicted molar refractivity (Wildman–Crippen MR) is 103 cm³/mol. The van der Waals surface area contributed by atoms with E-state index in [1.165, 1.54) is 48.1 Å². The first-order chi connectivity index (χ1) is 13.4. The average molecular weight is 380 g/mol. The molecule has 2 N–H and O–H groups in total. The van der Waals surface area contributed by atoms with Crippen molar-refractivity contribution in [2.24, 2.45) is 0 Å². The monoisotopic (exact) mass is 380 g/mol. The maximum absolute atomic E-state index is 13.0. The van der Waals surface area contributed by atoms with Gasteiger partial charge >= 0.3 is 0 Å². The summed E-state index contributed by atoms with van der Waals surface area (Å²) < 4.78 is 14.2. The van der Waals surface area contributed by atoms with Crippen LogP contribution in [0.3, 0.4) is 0 Å². The van der Waals surface area contributed by atoms with Crippen molar-refractivity contribution < 1.29 is 14.0 Å². The fourth-order valence-electron chi connectivity index (χ4n) is 2.56. The molecule has 0 aliphatic rings. The van der Waals surface area contributed by atoms with E-state index in [0.29, 0.717) is 22.6 Å². The molecular formula is C20H17FN4O3. The van der Waals surface area contributed by atoms with Crippen LogP contribution < -0.4 is 16.2 Å². The number of nitrogens with zero attached hydrogens (tertiary/aromatic N) is 2. The molecule has 0 saturated carbocycles. The largest absolute Gasteiger partial charge is 0.326 e. The van der Waals surface area contributed by atoms with E-state index in [2.05, 4.69) is 15.6 Å². The molecule has 0 unspecified atom stereocenters. The smallest absolute Gasteiger partial charge is 0.254 e. The number of carbonyl (C=O) groups excluding carboxylic acids is 2. The number of amides is 2. The predicted octanol–water partition coefficient (Wildman–Crippen LogP) is 2.65. The lowest BCUT2D eigenvalue weighted by Gasteiger charge is -2.09. The molecule has 3 rings (SSSR count). The lowest BCUT2D eigenvalue weighted by Crippen LogP contribution is -2.27. The zero-order chi connectivity index (χ0) is 20.1. The van der Waals surface area contributed by atoms with Gasteiger partial charge in [0.25, 0.3) is 5.56 Å². The quantitative estimate of drug-likeness (QED) is 0.712. The number of rotatable bonds is 5. The lowest BCUT2D eigenvalue weighted by molar-refractivity contribution is -0.117. The lowest BCUT2D eigenvalue weighted by atomic mass is 10.1. The Bertz CT molecular complexity index is 1080. The van der Waals surface area contributed by atoms with Crippen LogP contribution in [-0.4, -0.2) is 21.4 Å². The Morgan fingerprint density at radius 1 is 1.04 bits per heavy atom. The van der Waals surface area contributed by atoms with Crippen LogP contribution in [0.15, 0.2) is 65.7 Å². The van der Waals surface area contributed by atoms with Crippen molar-refractivity contribution in [3.8, 4) is 11.3 Å². The van der Waals surface area contributed by atoms with E-state index >= 15 is 0 Å². The summed E-state index contributed by atoms with van der Waals surface area (Å²) in [5.74, 6) is -1.02. The van der Waals surface area contributed by atoms with E-state index in [9.17, 15) is 18.8 Å². The number of anilines is 2. The van der Waals surface area contributed by atoms with Gasteiger partial charge in [-0.05, 0) is 42.5 Å². The van der Waals surface area contributed by atoms with E-state index in [4.69, 9.17) is 0 Å². The Hall–Kier alpha value is -3.81. The zero-order valence-corrected chi connectivity index (χ0v) is 15.0. The first-order valence-corrected chi connectivity index (χ1v) is 8.40. The maximum atomic E-state index is 13.0. The summed E-state index contributed by atoms with van der Waals surface area (Å²) in [6, 6.07) is 13.6. The molecule has 2 aromatic carbocycles. The van der Waals surface area contributed by atoms with E-state index in [1.54, 1.807) is 24.3 Å². The molecule has 0 aliphatic heterocycles. The van der Waals surface area contributed by atoms with E-state index < -0.39 is 11.5 Å². The van der Waals surface area contributed by atoms with Gasteiger partial charge in [-0.1, -0.05) is 6.07 Å². The second-order valence-electron chi connectivity index (χ2n) is 6.06. The summed E-state index contributed by atoms with van der Waals surface area (Å²) >= 11 is 0. The number of hydrogen-bond donors (Lipinski definition) is 2. The Balaban J connectivity index is 1.70. The summed E-state index contributed by atoms with van der Waals surface area (Å²) in [6.45, 7) is 1.17. The SMILES string of the molecule is CC(=O)Nc1cccc(NC(=O)Cn2cnc(-c3ccc(F)cc3)cc2=O)c1. The number of hydrogen-bond acceptors (Lipinski definition) is 4. The van der Waals surface area contributed by atoms with Crippen LogP contribution in [0.1, 0.15) is 6.92 Å². The van der Waals surface area contributed by atoms with Crippen molar-refractivity contribution in [3.05, 3.63) is 77.1 Å². The highest BCUT2D eigenvalue weighted by Gasteiger charge is 2.08. The highest BCUT2D eigenvalue weighted by atomic mass is 19.1. The molecule has 28 heavy (non-hydrogen) atoms. The molecule has 0 spiro atoms. The van der Waals surface area contributed by atoms with Crippen LogP contribution >= 0.6 is 0 Å². The van der Waals surface area contributed by atoms with Crippen molar-refractivity contribution in [1.29, 1.82) is 0 Å². The standard InChI is InChI=1S/C20H17FN4O3/c1-13(26)23-16-3-2-4-17(9-16)24-19(27)11-25-12-22-18(10-20(25)28)14-5-7-15(21)8-6-14/h2-10,12H,11H2,1H3,(H,23,26)(H,24,27). The molecule has 0 fully saturated rings. The van der Waals surface area contributed by atoms with Crippen molar-refractivity contribution in [1.82, 2.24) is 9.55 Å². The molecule has 0 aliphatic carbocycles. The minimum Gasteiger partial charge on any atom is -0.326 e. The third kappa shape index (κ3) is 4.88. The van der Waals surface area contributed by atoms with Gasteiger partial charge in [0.05, 0.1) is 12.0 Å². The van der Waals surface area contributed by atoms with E-state index in [1.807, 2.05) is 0 Å². The second-order valence-corrected chi connectivity index (χ2v) is 6.06. The molecule has 1 heterocycles. The van der Waals surface area contributed by atoms with Gasteiger partial charge in [-0.15, -0.1) is 0 Å². The van der Waals surface area contributed by atoms with E-state index in [-0.39, 0.29) is 18.3 Å². The van der Waals surface area contributed by atoms with Crippen LogP contribution in [0.2, 0.25) is 0 Å². The fourth-order valence-corrected chi connectivity index (χ4v) is 2.56. The van der Waals surface area contributed by atoms with Gasteiger partial charge in [-0.3, -0.25) is 19.0 Å². The van der Waals surface area contributed by atoms with Gasteiger partial charge in [0.1, 0.15) is 12.4 Å². The summed E-state index contributed by atoms with van der Waals surface area (Å²) in [5.41, 5.74) is 1.62. The number of aromatic nitrogens is 2. The highest BCUT2D eigenvalue weighted by molar-refractivity contribution is 5.93. The highest BCUT2D eigenvalue weighted by Crippen LogP contribution is 2.16. The van der Waals surface area contributed by atoms with Gasteiger partial charge in [-0.25, -0.2) is 9.37 Å². The fraction of sp³-hybridized carbons (Fsp3) is 0.100. The van der Waals surface area contributed by atoms with Crippen molar-refractivity contribution in [2.45, 2.75) is 13.5 Å². The number of nitrogens with one attached hydrogen (secondary N) is 2. The minimum absolute atomic E-state index is 0.220. The molecular weight excluding hydrogens is 363 g/mol. The first kappa shape index (κ1) is 19.0. The van der Waals surface area contributed by atoms with Crippen LogP contribution in [0.5, 0.6) is 0 Å². The maximum Gasteiger partial charge on any atom is 0.254 e. The third-order valence-electron chi connectivity index (χ3n) is 3.80. The Morgan fingerprint density at radius 2 is 1.71 bits per heavy atom. The van der Waals surface area contributed by atoms with Crippen LogP contribution in [0, 0.1) is 5.82 Å². The number of benzene rings is 2. The topological polar surface area (TPSA) is 93.1 Å². The first-order valence-electron chi connectivity index (χ1n) is 8.40. The molecule has 1 aromatic heterocycles. The molecule has 142 valence electrons. The molecule has 0 bridgehead atoms. The van der Waals surface area contributed by atoms with Crippen molar-refractivity contribution >= 4 is 23.2 Å². The minimum atomic E-state index is -0.418. The van der Waals surface area contributed by atoms with Crippen molar-refractivity contribution in [3.63, 3.8) is 0 Å². The van der Waals surface area contributed by atoms with Gasteiger partial charge in [0.2, 0.25) is 11.8 Å². The number of carbonyl (C=O) groups is 2. The van der Waals surface area contributed by atoms with Crippen molar-refractivity contribution in [2.75, 3.05) is 10.6 Å². The summed E-state index contributed by atoms with van der Waals surface area (Å²) in [4.78, 5) is 39.8. The molecule has 2 amide bonds. The Kier molecular flexibility index (Phi) is 5.59. The molecule has 8 heteroatoms. The molecule has 0 atom stereocenters. The van der Waals surface area contributed by atoms with Crippen LogP contribution in [-0.2, 0) is 16.1 Å². The van der Waals surface area contributed by atoms with Crippen LogP contribution in [0.4, 0.5) is 15.8 Å². The van der Waals surface area contributed by atoms with E-state index in [0.717, 1.165) is 0 Å². The third-order valence-corrected chi connectivity index (χ3v) is 3.80. The average Bonchev–Trinajstić information content (AvgIpc) is 2.64. The molecule has 7 nitrogen and oxygen atoms in total. The summed E-state index contributed by atoms with van der Waals surface area (Å²) in [6.07, 6.45) is 1.27. The molecule has 3 aromatic rings. The van der Waals surface area contributed by atoms with Gasteiger partial charge < -0.3 is 10.6 Å². The van der Waals surface area contributed by atoms with Crippen LogP contribution in [0.25, 0.3) is 11.3 Å². The number of halogens is 1. The Morgan fingerprint density at radius 3 is 2.36 bits per heavy atom. The van der Waals surface area contributed by atoms with Gasteiger partial charge in [-0.2, -0.15) is 0 Å². The van der Waals surface area contributed by atoms with Gasteiger partial charge in [0.15, 0.2) is 0 Å². The zero-order valence-electron chi connectivity index (χ0n) is 15.0. The normalized spacial score (nSPS) is 10.4. The molecule has 0 radical (unpaired) electrons. The Labute approximate surface area is 159 Å². The summed E-state index contributed by atoms with van der Waals surface area (Å²) in [5, 5.41) is 5.29.